The molecule has 0 saturated heterocycles. The van der Waals surface area contributed by atoms with Crippen molar-refractivity contribution < 1.29 is 9.53 Å². The number of amides is 1. The van der Waals surface area contributed by atoms with Crippen molar-refractivity contribution in [1.82, 2.24) is 9.55 Å². The molecule has 0 saturated carbocycles. The molecule has 1 aromatic heterocycles. The Morgan fingerprint density at radius 1 is 1.13 bits per heavy atom. The summed E-state index contributed by atoms with van der Waals surface area (Å²) < 4.78 is 7.00. The highest BCUT2D eigenvalue weighted by molar-refractivity contribution is 8.00. The largest absolute Gasteiger partial charge is 0.495 e. The molecule has 0 bridgehead atoms. The maximum atomic E-state index is 13.1. The number of carbonyl (C=O) groups excluding carboxylic acids is 1. The molecule has 1 N–H and O–H groups in total. The molecule has 30 heavy (non-hydrogen) atoms. The molecule has 1 amide bonds. The van der Waals surface area contributed by atoms with Crippen LogP contribution in [0.4, 0.5) is 5.69 Å². The lowest BCUT2D eigenvalue weighted by atomic mass is 10.1. The van der Waals surface area contributed by atoms with E-state index < -0.39 is 5.25 Å². The van der Waals surface area contributed by atoms with E-state index in [1.807, 2.05) is 37.3 Å². The SMILES string of the molecule is COc1ccccc1NC(=O)C(C)Sc1nc2ccccc2c(=O)n1CCC(C)C. The highest BCUT2D eigenvalue weighted by Crippen LogP contribution is 2.27. The zero-order chi connectivity index (χ0) is 21.7. The first-order chi connectivity index (χ1) is 14.4. The summed E-state index contributed by atoms with van der Waals surface area (Å²) in [4.78, 5) is 30.6. The van der Waals surface area contributed by atoms with Crippen LogP contribution in [0.2, 0.25) is 0 Å². The molecule has 158 valence electrons. The summed E-state index contributed by atoms with van der Waals surface area (Å²) in [5.74, 6) is 0.871. The normalized spacial score (nSPS) is 12.2. The third kappa shape index (κ3) is 5.02. The molecule has 3 aromatic rings. The zero-order valence-corrected chi connectivity index (χ0v) is 18.5. The molecule has 7 heteroatoms. The van der Waals surface area contributed by atoms with E-state index in [1.165, 1.54) is 11.8 Å². The van der Waals surface area contributed by atoms with Crippen LogP contribution in [0.3, 0.4) is 0 Å². The molecule has 2 aromatic carbocycles. The monoisotopic (exact) mass is 425 g/mol. The fourth-order valence-electron chi connectivity index (χ4n) is 3.02. The number of rotatable bonds is 8. The maximum absolute atomic E-state index is 13.1. The second-order valence-corrected chi connectivity index (χ2v) is 8.81. The van der Waals surface area contributed by atoms with Crippen LogP contribution in [0.1, 0.15) is 27.2 Å². The van der Waals surface area contributed by atoms with Gasteiger partial charge in [0.1, 0.15) is 5.75 Å². The van der Waals surface area contributed by atoms with Gasteiger partial charge in [0, 0.05) is 6.54 Å². The Morgan fingerprint density at radius 2 is 1.83 bits per heavy atom. The van der Waals surface area contributed by atoms with Crippen molar-refractivity contribution in [2.45, 2.75) is 44.1 Å². The third-order valence-electron chi connectivity index (χ3n) is 4.77. The topological polar surface area (TPSA) is 73.2 Å². The molecular weight excluding hydrogens is 398 g/mol. The number of aromatic nitrogens is 2. The van der Waals surface area contributed by atoms with Gasteiger partial charge in [-0.1, -0.05) is 49.9 Å². The van der Waals surface area contributed by atoms with Gasteiger partial charge in [0.2, 0.25) is 5.91 Å². The van der Waals surface area contributed by atoms with Crippen molar-refractivity contribution in [3.8, 4) is 5.75 Å². The van der Waals surface area contributed by atoms with Crippen molar-refractivity contribution in [3.05, 3.63) is 58.9 Å². The molecule has 0 aliphatic rings. The number of nitrogens with one attached hydrogen (secondary N) is 1. The van der Waals surface area contributed by atoms with Gasteiger partial charge in [0.25, 0.3) is 5.56 Å². The van der Waals surface area contributed by atoms with Crippen molar-refractivity contribution in [3.63, 3.8) is 0 Å². The summed E-state index contributed by atoms with van der Waals surface area (Å²) in [6, 6.07) is 14.6. The Balaban J connectivity index is 1.88. The maximum Gasteiger partial charge on any atom is 0.262 e. The molecule has 1 atom stereocenters. The Labute approximate surface area is 180 Å². The molecule has 0 aliphatic heterocycles. The number of methoxy groups -OCH3 is 1. The average molecular weight is 426 g/mol. The van der Waals surface area contributed by atoms with Gasteiger partial charge in [-0.2, -0.15) is 0 Å². The number of fused-ring (bicyclic) bond motifs is 1. The van der Waals surface area contributed by atoms with Gasteiger partial charge in [0.05, 0.1) is 29.0 Å². The van der Waals surface area contributed by atoms with Crippen LogP contribution in [0.15, 0.2) is 58.5 Å². The number of ether oxygens (including phenoxy) is 1. The summed E-state index contributed by atoms with van der Waals surface area (Å²) in [6.45, 7) is 6.62. The summed E-state index contributed by atoms with van der Waals surface area (Å²) in [6.07, 6.45) is 0.856. The molecule has 6 nitrogen and oxygen atoms in total. The van der Waals surface area contributed by atoms with E-state index >= 15 is 0 Å². The predicted molar refractivity (Wildman–Crippen MR) is 122 cm³/mol. The number of benzene rings is 2. The Morgan fingerprint density at radius 3 is 2.57 bits per heavy atom. The number of hydrogen-bond acceptors (Lipinski definition) is 5. The van der Waals surface area contributed by atoms with E-state index in [0.717, 1.165) is 6.42 Å². The van der Waals surface area contributed by atoms with E-state index in [9.17, 15) is 9.59 Å². The quantitative estimate of drug-likeness (QED) is 0.423. The Bertz CT molecular complexity index is 1090. The van der Waals surface area contributed by atoms with Crippen LogP contribution in [0.5, 0.6) is 5.75 Å². The van der Waals surface area contributed by atoms with Gasteiger partial charge in [-0.05, 0) is 43.5 Å². The van der Waals surface area contributed by atoms with Gasteiger partial charge < -0.3 is 10.1 Å². The average Bonchev–Trinajstić information content (AvgIpc) is 2.73. The van der Waals surface area contributed by atoms with Gasteiger partial charge in [-0.15, -0.1) is 0 Å². The standard InChI is InChI=1S/C23H27N3O3S/c1-15(2)13-14-26-22(28)17-9-5-6-10-18(17)25-23(26)30-16(3)21(27)24-19-11-7-8-12-20(19)29-4/h5-12,15-16H,13-14H2,1-4H3,(H,24,27). The lowest BCUT2D eigenvalue weighted by Crippen LogP contribution is -2.27. The van der Waals surface area contributed by atoms with Crippen molar-refractivity contribution >= 4 is 34.3 Å². The first kappa shape index (κ1) is 21.9. The minimum absolute atomic E-state index is 0.0684. The fraction of sp³-hybridized carbons (Fsp3) is 0.348. The minimum Gasteiger partial charge on any atom is -0.495 e. The first-order valence-electron chi connectivity index (χ1n) is 10.0. The minimum atomic E-state index is -0.451. The molecular formula is C23H27N3O3S. The van der Waals surface area contributed by atoms with Gasteiger partial charge in [0.15, 0.2) is 5.16 Å². The van der Waals surface area contributed by atoms with E-state index in [4.69, 9.17) is 9.72 Å². The number of para-hydroxylation sites is 3. The van der Waals surface area contributed by atoms with Crippen molar-refractivity contribution in [2.75, 3.05) is 12.4 Å². The molecule has 0 radical (unpaired) electrons. The van der Waals surface area contributed by atoms with Gasteiger partial charge in [-0.25, -0.2) is 4.98 Å². The number of hydrogen-bond donors (Lipinski definition) is 1. The third-order valence-corrected chi connectivity index (χ3v) is 5.86. The summed E-state index contributed by atoms with van der Waals surface area (Å²) >= 11 is 1.29. The number of nitrogens with zero attached hydrogens (tertiary/aromatic N) is 2. The van der Waals surface area contributed by atoms with Crippen molar-refractivity contribution in [2.24, 2.45) is 5.92 Å². The highest BCUT2D eigenvalue weighted by Gasteiger charge is 2.20. The zero-order valence-electron chi connectivity index (χ0n) is 17.7. The van der Waals surface area contributed by atoms with E-state index in [2.05, 4.69) is 19.2 Å². The molecule has 0 spiro atoms. The molecule has 1 heterocycles. The molecule has 0 fully saturated rings. The fourth-order valence-corrected chi connectivity index (χ4v) is 3.95. The summed E-state index contributed by atoms with van der Waals surface area (Å²) in [5, 5.41) is 3.60. The lowest BCUT2D eigenvalue weighted by molar-refractivity contribution is -0.115. The van der Waals surface area contributed by atoms with E-state index in [0.29, 0.717) is 40.0 Å². The molecule has 0 aliphatic carbocycles. The van der Waals surface area contributed by atoms with Crippen LogP contribution < -0.4 is 15.6 Å². The van der Waals surface area contributed by atoms with E-state index in [-0.39, 0.29) is 11.5 Å². The smallest absolute Gasteiger partial charge is 0.262 e. The molecule has 3 rings (SSSR count). The van der Waals surface area contributed by atoms with E-state index in [1.54, 1.807) is 29.9 Å². The Hall–Kier alpha value is -2.80. The van der Waals surface area contributed by atoms with Gasteiger partial charge in [-0.3, -0.25) is 14.2 Å². The van der Waals surface area contributed by atoms with Crippen LogP contribution in [-0.4, -0.2) is 27.8 Å². The van der Waals surface area contributed by atoms with Gasteiger partial charge >= 0.3 is 0 Å². The number of anilines is 1. The molecule has 1 unspecified atom stereocenters. The number of thioether (sulfide) groups is 1. The second kappa shape index (κ2) is 9.80. The Kier molecular flexibility index (Phi) is 7.15. The summed E-state index contributed by atoms with van der Waals surface area (Å²) in [7, 11) is 1.57. The summed E-state index contributed by atoms with van der Waals surface area (Å²) in [5.41, 5.74) is 1.19. The lowest BCUT2D eigenvalue weighted by Gasteiger charge is -2.17. The van der Waals surface area contributed by atoms with Crippen LogP contribution in [0.25, 0.3) is 10.9 Å². The number of carbonyl (C=O) groups is 1. The van der Waals surface area contributed by atoms with Crippen LogP contribution in [-0.2, 0) is 11.3 Å². The van der Waals surface area contributed by atoms with Crippen LogP contribution >= 0.6 is 11.8 Å². The van der Waals surface area contributed by atoms with Crippen LogP contribution in [0, 0.1) is 5.92 Å². The predicted octanol–water partition coefficient (Wildman–Crippen LogP) is 4.57. The second-order valence-electron chi connectivity index (χ2n) is 7.50. The first-order valence-corrected chi connectivity index (χ1v) is 10.9. The van der Waals surface area contributed by atoms with Crippen molar-refractivity contribution in [1.29, 1.82) is 0 Å². The highest BCUT2D eigenvalue weighted by atomic mass is 32.2.